The number of rotatable bonds is 8. The normalized spacial score (nSPS) is 11.8. The number of amides is 1. The molecule has 0 radical (unpaired) electrons. The van der Waals surface area contributed by atoms with Crippen LogP contribution in [0.1, 0.15) is 29.7 Å². The predicted octanol–water partition coefficient (Wildman–Crippen LogP) is 4.96. The first-order valence-corrected chi connectivity index (χ1v) is 9.90. The summed E-state index contributed by atoms with van der Waals surface area (Å²) in [5.41, 5.74) is 2.47. The van der Waals surface area contributed by atoms with Gasteiger partial charge in [-0.05, 0) is 54.0 Å². The van der Waals surface area contributed by atoms with Crippen molar-refractivity contribution in [2.24, 2.45) is 0 Å². The maximum atomic E-state index is 12.5. The second kappa shape index (κ2) is 10.5. The second-order valence-corrected chi connectivity index (χ2v) is 7.06. The van der Waals surface area contributed by atoms with E-state index in [4.69, 9.17) is 4.74 Å². The van der Waals surface area contributed by atoms with Crippen molar-refractivity contribution in [2.45, 2.75) is 19.6 Å². The Morgan fingerprint density at radius 2 is 1.75 bits per heavy atom. The minimum Gasteiger partial charge on any atom is -0.489 e. The molecule has 7 nitrogen and oxygen atoms in total. The van der Waals surface area contributed by atoms with Gasteiger partial charge in [0.05, 0.1) is 11.0 Å². The lowest BCUT2D eigenvalue weighted by molar-refractivity contribution is -0.384. The van der Waals surface area contributed by atoms with E-state index in [2.05, 4.69) is 5.32 Å². The Morgan fingerprint density at radius 1 is 1.09 bits per heavy atom. The number of carbonyl (C=O) groups is 1. The molecule has 0 aromatic heterocycles. The summed E-state index contributed by atoms with van der Waals surface area (Å²) >= 11 is 0. The molecule has 3 aromatic rings. The minimum absolute atomic E-state index is 0.00679. The molecule has 1 N–H and O–H groups in total. The van der Waals surface area contributed by atoms with Gasteiger partial charge in [-0.1, -0.05) is 42.5 Å². The minimum atomic E-state index is -0.449. The summed E-state index contributed by atoms with van der Waals surface area (Å²) in [5.74, 6) is 0.156. The van der Waals surface area contributed by atoms with Crippen molar-refractivity contribution in [2.75, 3.05) is 0 Å². The standard InChI is InChI=1S/C25H21N3O4/c1-18(21-5-3-2-4-6-21)27-25(29)22(16-26)15-19-9-13-24(14-10-19)32-17-20-7-11-23(12-8-20)28(30)31/h2-15,18H,17H2,1H3,(H,27,29)/b22-15+/t18-/m0/s1. The van der Waals surface area contributed by atoms with E-state index in [0.29, 0.717) is 11.3 Å². The van der Waals surface area contributed by atoms with Gasteiger partial charge < -0.3 is 10.1 Å². The lowest BCUT2D eigenvalue weighted by Gasteiger charge is -2.13. The highest BCUT2D eigenvalue weighted by Crippen LogP contribution is 2.18. The number of nitro benzene ring substituents is 1. The Bertz CT molecular complexity index is 1150. The fourth-order valence-electron chi connectivity index (χ4n) is 2.96. The number of hydrogen-bond acceptors (Lipinski definition) is 5. The molecule has 3 aromatic carbocycles. The molecule has 0 saturated heterocycles. The summed E-state index contributed by atoms with van der Waals surface area (Å²) in [4.78, 5) is 22.7. The molecular formula is C25H21N3O4. The summed E-state index contributed by atoms with van der Waals surface area (Å²) in [6.45, 7) is 2.12. The molecule has 0 heterocycles. The van der Waals surface area contributed by atoms with E-state index in [9.17, 15) is 20.2 Å². The molecule has 0 aliphatic rings. The quantitative estimate of drug-likeness (QED) is 0.237. The van der Waals surface area contributed by atoms with Crippen LogP contribution in [0.3, 0.4) is 0 Å². The van der Waals surface area contributed by atoms with Gasteiger partial charge in [0.15, 0.2) is 0 Å². The number of nitro groups is 1. The summed E-state index contributed by atoms with van der Waals surface area (Å²) in [5, 5.41) is 23.0. The summed E-state index contributed by atoms with van der Waals surface area (Å²) in [7, 11) is 0. The summed E-state index contributed by atoms with van der Waals surface area (Å²) < 4.78 is 5.69. The van der Waals surface area contributed by atoms with Crippen LogP contribution in [0.25, 0.3) is 6.08 Å². The van der Waals surface area contributed by atoms with E-state index >= 15 is 0 Å². The molecule has 0 bridgehead atoms. The van der Waals surface area contributed by atoms with E-state index in [1.807, 2.05) is 43.3 Å². The van der Waals surface area contributed by atoms with Crippen LogP contribution in [-0.2, 0) is 11.4 Å². The van der Waals surface area contributed by atoms with Crippen LogP contribution in [0.15, 0.2) is 84.4 Å². The largest absolute Gasteiger partial charge is 0.489 e. The summed E-state index contributed by atoms with van der Waals surface area (Å²) in [6.07, 6.45) is 1.52. The van der Waals surface area contributed by atoms with Gasteiger partial charge in [0.1, 0.15) is 24.0 Å². The first-order chi connectivity index (χ1) is 15.5. The topological polar surface area (TPSA) is 105 Å². The maximum Gasteiger partial charge on any atom is 0.269 e. The third kappa shape index (κ3) is 6.03. The number of benzene rings is 3. The number of non-ortho nitro benzene ring substituents is 1. The molecule has 160 valence electrons. The van der Waals surface area contributed by atoms with Crippen molar-refractivity contribution >= 4 is 17.7 Å². The highest BCUT2D eigenvalue weighted by atomic mass is 16.6. The van der Waals surface area contributed by atoms with Crippen LogP contribution in [0.2, 0.25) is 0 Å². The van der Waals surface area contributed by atoms with Crippen LogP contribution >= 0.6 is 0 Å². The van der Waals surface area contributed by atoms with E-state index in [-0.39, 0.29) is 23.9 Å². The van der Waals surface area contributed by atoms with E-state index < -0.39 is 10.8 Å². The Hall–Kier alpha value is -4.44. The number of carbonyl (C=O) groups excluding carboxylic acids is 1. The monoisotopic (exact) mass is 427 g/mol. The zero-order chi connectivity index (χ0) is 22.9. The first-order valence-electron chi connectivity index (χ1n) is 9.90. The molecule has 32 heavy (non-hydrogen) atoms. The van der Waals surface area contributed by atoms with Crippen LogP contribution in [-0.4, -0.2) is 10.8 Å². The Kier molecular flexibility index (Phi) is 7.33. The SMILES string of the molecule is C[C@H](NC(=O)/C(C#N)=C/c1ccc(OCc2ccc([N+](=O)[O-])cc2)cc1)c1ccccc1. The highest BCUT2D eigenvalue weighted by Gasteiger charge is 2.13. The molecule has 1 atom stereocenters. The Morgan fingerprint density at radius 3 is 2.34 bits per heavy atom. The second-order valence-electron chi connectivity index (χ2n) is 7.06. The number of ether oxygens (including phenoxy) is 1. The predicted molar refractivity (Wildman–Crippen MR) is 120 cm³/mol. The molecule has 7 heteroatoms. The van der Waals surface area contributed by atoms with E-state index in [0.717, 1.165) is 11.1 Å². The molecule has 0 fully saturated rings. The third-order valence-electron chi connectivity index (χ3n) is 4.76. The molecule has 3 rings (SSSR count). The number of nitrogens with zero attached hydrogens (tertiary/aromatic N) is 2. The van der Waals surface area contributed by atoms with Crippen molar-refractivity contribution < 1.29 is 14.5 Å². The van der Waals surface area contributed by atoms with Crippen LogP contribution in [0.5, 0.6) is 5.75 Å². The molecule has 1 amide bonds. The van der Waals surface area contributed by atoms with Gasteiger partial charge in [0, 0.05) is 12.1 Å². The van der Waals surface area contributed by atoms with Crippen molar-refractivity contribution in [3.05, 3.63) is 111 Å². The van der Waals surface area contributed by atoms with E-state index in [1.165, 1.54) is 18.2 Å². The first kappa shape index (κ1) is 22.2. The molecule has 0 spiro atoms. The molecule has 0 aliphatic carbocycles. The van der Waals surface area contributed by atoms with Gasteiger partial charge in [-0.15, -0.1) is 0 Å². The van der Waals surface area contributed by atoms with Crippen LogP contribution in [0.4, 0.5) is 5.69 Å². The van der Waals surface area contributed by atoms with Crippen LogP contribution in [0, 0.1) is 21.4 Å². The maximum absolute atomic E-state index is 12.5. The molecular weight excluding hydrogens is 406 g/mol. The zero-order valence-corrected chi connectivity index (χ0v) is 17.4. The van der Waals surface area contributed by atoms with Gasteiger partial charge in [0.25, 0.3) is 11.6 Å². The van der Waals surface area contributed by atoms with Gasteiger partial charge >= 0.3 is 0 Å². The van der Waals surface area contributed by atoms with Crippen molar-refractivity contribution in [1.29, 1.82) is 5.26 Å². The zero-order valence-electron chi connectivity index (χ0n) is 17.4. The Balaban J connectivity index is 1.60. The van der Waals surface area contributed by atoms with Crippen molar-refractivity contribution in [3.8, 4) is 11.8 Å². The van der Waals surface area contributed by atoms with E-state index in [1.54, 1.807) is 36.4 Å². The van der Waals surface area contributed by atoms with Gasteiger partial charge in [-0.3, -0.25) is 14.9 Å². The fraction of sp³-hybridized carbons (Fsp3) is 0.120. The molecule has 0 aliphatic heterocycles. The molecule has 0 saturated carbocycles. The van der Waals surface area contributed by atoms with Gasteiger partial charge in [-0.2, -0.15) is 5.26 Å². The summed E-state index contributed by atoms with van der Waals surface area (Å²) in [6, 6.07) is 24.3. The molecule has 0 unspecified atom stereocenters. The van der Waals surface area contributed by atoms with Crippen molar-refractivity contribution in [3.63, 3.8) is 0 Å². The Labute approximate surface area is 185 Å². The highest BCUT2D eigenvalue weighted by molar-refractivity contribution is 6.01. The lowest BCUT2D eigenvalue weighted by atomic mass is 10.1. The van der Waals surface area contributed by atoms with Gasteiger partial charge in [-0.25, -0.2) is 0 Å². The number of nitrogens with one attached hydrogen (secondary N) is 1. The average Bonchev–Trinajstić information content (AvgIpc) is 2.82. The smallest absolute Gasteiger partial charge is 0.269 e. The number of hydrogen-bond donors (Lipinski definition) is 1. The lowest BCUT2D eigenvalue weighted by Crippen LogP contribution is -2.27. The third-order valence-corrected chi connectivity index (χ3v) is 4.76. The van der Waals surface area contributed by atoms with Crippen LogP contribution < -0.4 is 10.1 Å². The number of nitriles is 1. The van der Waals surface area contributed by atoms with Gasteiger partial charge in [0.2, 0.25) is 0 Å². The fourth-order valence-corrected chi connectivity index (χ4v) is 2.96. The average molecular weight is 427 g/mol. The van der Waals surface area contributed by atoms with Crippen molar-refractivity contribution in [1.82, 2.24) is 5.32 Å².